The summed E-state index contributed by atoms with van der Waals surface area (Å²) in [5.41, 5.74) is 1.06. The van der Waals surface area contributed by atoms with Crippen LogP contribution in [-0.2, 0) is 5.75 Å². The van der Waals surface area contributed by atoms with Crippen molar-refractivity contribution in [3.05, 3.63) is 66.0 Å². The largest absolute Gasteiger partial charge is 0.495 e. The van der Waals surface area contributed by atoms with Gasteiger partial charge in [-0.2, -0.15) is 0 Å². The molecule has 0 amide bonds. The van der Waals surface area contributed by atoms with Crippen molar-refractivity contribution in [1.82, 2.24) is 14.8 Å². The van der Waals surface area contributed by atoms with Gasteiger partial charge in [-0.15, -0.1) is 10.2 Å². The van der Waals surface area contributed by atoms with Gasteiger partial charge < -0.3 is 4.74 Å². The summed E-state index contributed by atoms with van der Waals surface area (Å²) in [6.45, 7) is 0. The van der Waals surface area contributed by atoms with Crippen molar-refractivity contribution in [2.75, 3.05) is 7.11 Å². The maximum absolute atomic E-state index is 13.7. The lowest BCUT2D eigenvalue weighted by Crippen LogP contribution is -1.99. The molecule has 0 aliphatic rings. The molecule has 0 atom stereocenters. The van der Waals surface area contributed by atoms with Crippen molar-refractivity contribution in [2.24, 2.45) is 0 Å². The number of halogens is 2. The SMILES string of the molecule is COc1ccccc1-n1cnnc1SCc1cccc(F)c1F. The van der Waals surface area contributed by atoms with Crippen LogP contribution in [-0.4, -0.2) is 21.9 Å². The number of benzene rings is 2. The number of methoxy groups -OCH3 is 1. The first-order chi connectivity index (χ1) is 11.2. The molecule has 0 aliphatic carbocycles. The van der Waals surface area contributed by atoms with Crippen molar-refractivity contribution in [3.63, 3.8) is 0 Å². The van der Waals surface area contributed by atoms with Crippen molar-refractivity contribution < 1.29 is 13.5 Å². The number of thioether (sulfide) groups is 1. The summed E-state index contributed by atoms with van der Waals surface area (Å²) in [6.07, 6.45) is 1.56. The topological polar surface area (TPSA) is 39.9 Å². The Bertz CT molecular complexity index is 823. The highest BCUT2D eigenvalue weighted by molar-refractivity contribution is 7.98. The van der Waals surface area contributed by atoms with Gasteiger partial charge in [0.05, 0.1) is 12.8 Å². The Kier molecular flexibility index (Phi) is 4.57. The molecule has 0 N–H and O–H groups in total. The highest BCUT2D eigenvalue weighted by Gasteiger charge is 2.13. The first-order valence-electron chi connectivity index (χ1n) is 6.80. The zero-order valence-electron chi connectivity index (χ0n) is 12.2. The number of para-hydroxylation sites is 2. The summed E-state index contributed by atoms with van der Waals surface area (Å²) in [5.74, 6) is -0.763. The van der Waals surface area contributed by atoms with Crippen LogP contribution in [0.3, 0.4) is 0 Å². The van der Waals surface area contributed by atoms with Crippen molar-refractivity contribution in [1.29, 1.82) is 0 Å². The minimum absolute atomic E-state index is 0.247. The zero-order chi connectivity index (χ0) is 16.2. The molecule has 0 saturated carbocycles. The molecule has 3 aromatic rings. The fraction of sp³-hybridized carbons (Fsp3) is 0.125. The van der Waals surface area contributed by atoms with Crippen LogP contribution in [0.5, 0.6) is 5.75 Å². The Hall–Kier alpha value is -2.41. The van der Waals surface area contributed by atoms with Crippen molar-refractivity contribution in [2.45, 2.75) is 10.9 Å². The quantitative estimate of drug-likeness (QED) is 0.665. The first-order valence-corrected chi connectivity index (χ1v) is 7.78. The number of rotatable bonds is 5. The van der Waals surface area contributed by atoms with Gasteiger partial charge in [-0.25, -0.2) is 8.78 Å². The van der Waals surface area contributed by atoms with E-state index < -0.39 is 11.6 Å². The van der Waals surface area contributed by atoms with E-state index >= 15 is 0 Å². The van der Waals surface area contributed by atoms with Gasteiger partial charge in [0.2, 0.25) is 0 Å². The molecule has 7 heteroatoms. The minimum atomic E-state index is -0.853. The smallest absolute Gasteiger partial charge is 0.196 e. The fourth-order valence-corrected chi connectivity index (χ4v) is 3.02. The summed E-state index contributed by atoms with van der Waals surface area (Å²) in [5, 5.41) is 8.50. The molecule has 0 unspecified atom stereocenters. The van der Waals surface area contributed by atoms with Crippen LogP contribution in [0, 0.1) is 11.6 Å². The van der Waals surface area contributed by atoms with E-state index in [0.29, 0.717) is 10.9 Å². The molecule has 0 bridgehead atoms. The molecule has 0 aliphatic heterocycles. The predicted octanol–water partition coefficient (Wildman–Crippen LogP) is 3.85. The Balaban J connectivity index is 1.86. The van der Waals surface area contributed by atoms with Gasteiger partial charge in [-0.1, -0.05) is 36.0 Å². The molecular weight excluding hydrogens is 320 g/mol. The van der Waals surface area contributed by atoms with Crippen LogP contribution in [0.25, 0.3) is 5.69 Å². The van der Waals surface area contributed by atoms with E-state index in [0.717, 1.165) is 11.8 Å². The number of hydrogen-bond donors (Lipinski definition) is 0. The van der Waals surface area contributed by atoms with Gasteiger partial charge in [-0.05, 0) is 18.2 Å². The lowest BCUT2D eigenvalue weighted by Gasteiger charge is -2.10. The van der Waals surface area contributed by atoms with Crippen molar-refractivity contribution in [3.8, 4) is 11.4 Å². The van der Waals surface area contributed by atoms with E-state index in [4.69, 9.17) is 4.74 Å². The van der Waals surface area contributed by atoms with Crippen LogP contribution in [0.1, 0.15) is 5.56 Å². The van der Waals surface area contributed by atoms with Crippen molar-refractivity contribution >= 4 is 11.8 Å². The number of aromatic nitrogens is 3. The first kappa shape index (κ1) is 15.5. The Morgan fingerprint density at radius 3 is 2.78 bits per heavy atom. The van der Waals surface area contributed by atoms with Gasteiger partial charge in [-0.3, -0.25) is 4.57 Å². The lowest BCUT2D eigenvalue weighted by molar-refractivity contribution is 0.412. The second kappa shape index (κ2) is 6.78. The van der Waals surface area contributed by atoms with Crippen LogP contribution in [0.4, 0.5) is 8.78 Å². The Morgan fingerprint density at radius 1 is 1.13 bits per heavy atom. The molecule has 4 nitrogen and oxygen atoms in total. The monoisotopic (exact) mass is 333 g/mol. The molecule has 118 valence electrons. The molecular formula is C16H13F2N3OS. The Morgan fingerprint density at radius 2 is 1.96 bits per heavy atom. The minimum Gasteiger partial charge on any atom is -0.495 e. The third kappa shape index (κ3) is 3.19. The normalized spacial score (nSPS) is 10.7. The molecule has 3 rings (SSSR count). The van der Waals surface area contributed by atoms with Crippen LogP contribution in [0.2, 0.25) is 0 Å². The maximum atomic E-state index is 13.7. The zero-order valence-corrected chi connectivity index (χ0v) is 13.1. The van der Waals surface area contributed by atoms with E-state index in [2.05, 4.69) is 10.2 Å². The van der Waals surface area contributed by atoms with E-state index in [1.54, 1.807) is 24.1 Å². The molecule has 1 aromatic heterocycles. The lowest BCUT2D eigenvalue weighted by atomic mass is 10.2. The third-order valence-corrected chi connectivity index (χ3v) is 4.24. The summed E-state index contributed by atoms with van der Waals surface area (Å²) in [6, 6.07) is 11.6. The number of hydrogen-bond acceptors (Lipinski definition) is 4. The average molecular weight is 333 g/mol. The standard InChI is InChI=1S/C16H13F2N3OS/c1-22-14-8-3-2-7-13(14)21-10-19-20-16(21)23-9-11-5-4-6-12(17)15(11)18/h2-8,10H,9H2,1H3. The van der Waals surface area contributed by atoms with E-state index in [1.807, 2.05) is 24.3 Å². The summed E-state index contributed by atoms with van der Waals surface area (Å²) in [7, 11) is 1.58. The number of nitrogens with zero attached hydrogens (tertiary/aromatic N) is 3. The highest BCUT2D eigenvalue weighted by atomic mass is 32.2. The molecule has 0 spiro atoms. The summed E-state index contributed by atoms with van der Waals surface area (Å²) < 4.78 is 34.1. The van der Waals surface area contributed by atoms with Gasteiger partial charge >= 0.3 is 0 Å². The molecule has 0 fully saturated rings. The molecule has 23 heavy (non-hydrogen) atoms. The van der Waals surface area contributed by atoms with Crippen LogP contribution < -0.4 is 4.74 Å². The predicted molar refractivity (Wildman–Crippen MR) is 83.8 cm³/mol. The van der Waals surface area contributed by atoms with Crippen LogP contribution in [0.15, 0.2) is 53.9 Å². The van der Waals surface area contributed by atoms with E-state index in [1.165, 1.54) is 17.8 Å². The van der Waals surface area contributed by atoms with Gasteiger partial charge in [0.25, 0.3) is 0 Å². The molecule has 1 heterocycles. The van der Waals surface area contributed by atoms with Gasteiger partial charge in [0.1, 0.15) is 12.1 Å². The fourth-order valence-electron chi connectivity index (χ4n) is 2.12. The second-order valence-electron chi connectivity index (χ2n) is 4.66. The average Bonchev–Trinajstić information content (AvgIpc) is 3.04. The second-order valence-corrected chi connectivity index (χ2v) is 5.60. The van der Waals surface area contributed by atoms with E-state index in [9.17, 15) is 8.78 Å². The number of ether oxygens (including phenoxy) is 1. The summed E-state index contributed by atoms with van der Waals surface area (Å²) >= 11 is 1.27. The highest BCUT2D eigenvalue weighted by Crippen LogP contribution is 2.29. The Labute approximate surface area is 136 Å². The van der Waals surface area contributed by atoms with Crippen LogP contribution >= 0.6 is 11.8 Å². The van der Waals surface area contributed by atoms with Gasteiger partial charge in [0, 0.05) is 11.3 Å². The molecule has 0 saturated heterocycles. The third-order valence-electron chi connectivity index (χ3n) is 3.25. The molecule has 0 radical (unpaired) electrons. The van der Waals surface area contributed by atoms with Gasteiger partial charge in [0.15, 0.2) is 16.8 Å². The summed E-state index contributed by atoms with van der Waals surface area (Å²) in [4.78, 5) is 0. The molecule has 2 aromatic carbocycles. The van der Waals surface area contributed by atoms with E-state index in [-0.39, 0.29) is 11.3 Å². The maximum Gasteiger partial charge on any atom is 0.196 e.